The first-order valence-corrected chi connectivity index (χ1v) is 7.05. The molecule has 20 heavy (non-hydrogen) atoms. The SMILES string of the molecule is CCCN(CCC)c1ccc2nc(C)c(C(=O)O)n2c1. The van der Waals surface area contributed by atoms with Gasteiger partial charge in [0.2, 0.25) is 0 Å². The number of aromatic carboxylic acids is 1. The average molecular weight is 275 g/mol. The predicted molar refractivity (Wildman–Crippen MR) is 79.7 cm³/mol. The van der Waals surface area contributed by atoms with Crippen LogP contribution in [0.5, 0.6) is 0 Å². The third-order valence-electron chi connectivity index (χ3n) is 3.33. The van der Waals surface area contributed by atoms with Crippen molar-refractivity contribution in [1.29, 1.82) is 0 Å². The number of anilines is 1. The van der Waals surface area contributed by atoms with Crippen LogP contribution in [0.4, 0.5) is 5.69 Å². The number of aryl methyl sites for hydroxylation is 1. The van der Waals surface area contributed by atoms with Crippen molar-refractivity contribution in [2.75, 3.05) is 18.0 Å². The Morgan fingerprint density at radius 1 is 1.30 bits per heavy atom. The topological polar surface area (TPSA) is 57.8 Å². The van der Waals surface area contributed by atoms with E-state index in [1.165, 1.54) is 0 Å². The number of imidazole rings is 1. The highest BCUT2D eigenvalue weighted by Crippen LogP contribution is 2.20. The van der Waals surface area contributed by atoms with E-state index in [2.05, 4.69) is 23.7 Å². The number of hydrogen-bond acceptors (Lipinski definition) is 3. The summed E-state index contributed by atoms with van der Waals surface area (Å²) >= 11 is 0. The summed E-state index contributed by atoms with van der Waals surface area (Å²) in [6.45, 7) is 7.95. The fourth-order valence-corrected chi connectivity index (χ4v) is 2.51. The highest BCUT2D eigenvalue weighted by Gasteiger charge is 2.16. The van der Waals surface area contributed by atoms with Crippen molar-refractivity contribution in [1.82, 2.24) is 9.38 Å². The summed E-state index contributed by atoms with van der Waals surface area (Å²) in [5.74, 6) is -0.940. The summed E-state index contributed by atoms with van der Waals surface area (Å²) in [7, 11) is 0. The number of carbonyl (C=O) groups is 1. The minimum atomic E-state index is -0.940. The molecule has 0 radical (unpaired) electrons. The number of aromatic nitrogens is 2. The normalized spacial score (nSPS) is 10.9. The van der Waals surface area contributed by atoms with Gasteiger partial charge in [-0.05, 0) is 31.9 Å². The second-order valence-electron chi connectivity index (χ2n) is 4.95. The number of carboxylic acid groups (broad SMARTS) is 1. The maximum atomic E-state index is 11.4. The molecule has 0 atom stereocenters. The van der Waals surface area contributed by atoms with Crippen LogP contribution in [0, 0.1) is 6.92 Å². The minimum absolute atomic E-state index is 0.245. The summed E-state index contributed by atoms with van der Waals surface area (Å²) in [5.41, 5.74) is 2.51. The Kier molecular flexibility index (Phi) is 4.27. The number of pyridine rings is 1. The van der Waals surface area contributed by atoms with Gasteiger partial charge < -0.3 is 10.0 Å². The molecule has 2 heterocycles. The Labute approximate surface area is 118 Å². The van der Waals surface area contributed by atoms with Crippen molar-refractivity contribution in [3.63, 3.8) is 0 Å². The van der Waals surface area contributed by atoms with Gasteiger partial charge >= 0.3 is 5.97 Å². The van der Waals surface area contributed by atoms with Crippen LogP contribution < -0.4 is 4.90 Å². The standard InChI is InChI=1S/C15H21N3O2/c1-4-8-17(9-5-2)12-6-7-13-16-11(3)14(15(19)20)18(13)10-12/h6-7,10H,4-5,8-9H2,1-3H3,(H,19,20). The highest BCUT2D eigenvalue weighted by molar-refractivity contribution is 5.88. The van der Waals surface area contributed by atoms with Crippen molar-refractivity contribution >= 4 is 17.3 Å². The van der Waals surface area contributed by atoms with Gasteiger partial charge in [-0.25, -0.2) is 9.78 Å². The van der Waals surface area contributed by atoms with E-state index in [4.69, 9.17) is 0 Å². The van der Waals surface area contributed by atoms with E-state index in [9.17, 15) is 9.90 Å². The van der Waals surface area contributed by atoms with Gasteiger partial charge in [-0.2, -0.15) is 0 Å². The van der Waals surface area contributed by atoms with E-state index in [-0.39, 0.29) is 5.69 Å². The van der Waals surface area contributed by atoms with E-state index in [0.717, 1.165) is 31.6 Å². The van der Waals surface area contributed by atoms with Crippen LogP contribution in [-0.2, 0) is 0 Å². The lowest BCUT2D eigenvalue weighted by Crippen LogP contribution is -2.25. The van der Waals surface area contributed by atoms with Gasteiger partial charge in [0.15, 0.2) is 5.69 Å². The molecule has 0 saturated carbocycles. The van der Waals surface area contributed by atoms with Crippen LogP contribution >= 0.6 is 0 Å². The molecule has 2 rings (SSSR count). The van der Waals surface area contributed by atoms with E-state index >= 15 is 0 Å². The smallest absolute Gasteiger partial charge is 0.354 e. The third kappa shape index (κ3) is 2.61. The zero-order valence-corrected chi connectivity index (χ0v) is 12.3. The number of fused-ring (bicyclic) bond motifs is 1. The van der Waals surface area contributed by atoms with Crippen LogP contribution in [0.1, 0.15) is 42.9 Å². The van der Waals surface area contributed by atoms with Crippen LogP contribution in [0.25, 0.3) is 5.65 Å². The predicted octanol–water partition coefficient (Wildman–Crippen LogP) is 2.97. The van der Waals surface area contributed by atoms with Gasteiger partial charge in [0, 0.05) is 19.3 Å². The first kappa shape index (κ1) is 14.4. The van der Waals surface area contributed by atoms with Gasteiger partial charge in [0.25, 0.3) is 0 Å². The van der Waals surface area contributed by atoms with Gasteiger partial charge in [0.1, 0.15) is 5.65 Å². The third-order valence-corrected chi connectivity index (χ3v) is 3.33. The zero-order valence-electron chi connectivity index (χ0n) is 12.3. The number of carboxylic acids is 1. The first-order chi connectivity index (χ1) is 9.58. The molecule has 5 heteroatoms. The Morgan fingerprint density at radius 2 is 1.95 bits per heavy atom. The zero-order chi connectivity index (χ0) is 14.7. The Balaban J connectivity index is 2.50. The van der Waals surface area contributed by atoms with Crippen molar-refractivity contribution in [3.05, 3.63) is 29.7 Å². The molecule has 0 aliphatic heterocycles. The van der Waals surface area contributed by atoms with Gasteiger partial charge in [-0.1, -0.05) is 13.8 Å². The maximum Gasteiger partial charge on any atom is 0.354 e. The van der Waals surface area contributed by atoms with Crippen molar-refractivity contribution in [2.45, 2.75) is 33.6 Å². The number of nitrogens with zero attached hydrogens (tertiary/aromatic N) is 3. The van der Waals surface area contributed by atoms with Crippen LogP contribution in [0.2, 0.25) is 0 Å². The maximum absolute atomic E-state index is 11.4. The molecule has 1 N–H and O–H groups in total. The lowest BCUT2D eigenvalue weighted by Gasteiger charge is -2.23. The van der Waals surface area contributed by atoms with Gasteiger partial charge in [-0.3, -0.25) is 4.40 Å². The molecule has 0 bridgehead atoms. The number of hydrogen-bond donors (Lipinski definition) is 1. The van der Waals surface area contributed by atoms with E-state index in [0.29, 0.717) is 11.3 Å². The molecule has 2 aromatic heterocycles. The minimum Gasteiger partial charge on any atom is -0.477 e. The molecule has 0 fully saturated rings. The average Bonchev–Trinajstić information content (AvgIpc) is 2.73. The van der Waals surface area contributed by atoms with Gasteiger partial charge in [-0.15, -0.1) is 0 Å². The largest absolute Gasteiger partial charge is 0.477 e. The summed E-state index contributed by atoms with van der Waals surface area (Å²) in [6.07, 6.45) is 4.00. The van der Waals surface area contributed by atoms with E-state index in [1.807, 2.05) is 18.3 Å². The summed E-state index contributed by atoms with van der Waals surface area (Å²) in [4.78, 5) is 17.9. The molecule has 2 aromatic rings. The summed E-state index contributed by atoms with van der Waals surface area (Å²) in [5, 5.41) is 9.31. The Morgan fingerprint density at radius 3 is 2.50 bits per heavy atom. The van der Waals surface area contributed by atoms with E-state index < -0.39 is 5.97 Å². The number of rotatable bonds is 6. The summed E-state index contributed by atoms with van der Waals surface area (Å²) < 4.78 is 1.67. The van der Waals surface area contributed by atoms with Gasteiger partial charge in [0.05, 0.1) is 11.4 Å². The highest BCUT2D eigenvalue weighted by atomic mass is 16.4. The molecule has 0 aromatic carbocycles. The second kappa shape index (κ2) is 5.94. The lowest BCUT2D eigenvalue weighted by molar-refractivity contribution is 0.0688. The Hall–Kier alpha value is -2.04. The van der Waals surface area contributed by atoms with Crippen molar-refractivity contribution < 1.29 is 9.90 Å². The lowest BCUT2D eigenvalue weighted by atomic mass is 10.3. The van der Waals surface area contributed by atoms with Crippen LogP contribution in [-0.4, -0.2) is 33.6 Å². The summed E-state index contributed by atoms with van der Waals surface area (Å²) in [6, 6.07) is 3.89. The Bertz CT molecular complexity index is 613. The van der Waals surface area contributed by atoms with Crippen molar-refractivity contribution in [3.8, 4) is 0 Å². The van der Waals surface area contributed by atoms with E-state index in [1.54, 1.807) is 11.3 Å². The molecule has 108 valence electrons. The molecule has 0 amide bonds. The fourth-order valence-electron chi connectivity index (χ4n) is 2.51. The van der Waals surface area contributed by atoms with Crippen molar-refractivity contribution in [2.24, 2.45) is 0 Å². The molecule has 0 spiro atoms. The molecule has 0 unspecified atom stereocenters. The molecule has 5 nitrogen and oxygen atoms in total. The van der Waals surface area contributed by atoms with Crippen LogP contribution in [0.15, 0.2) is 18.3 Å². The monoisotopic (exact) mass is 275 g/mol. The molecule has 0 aliphatic carbocycles. The molecule has 0 saturated heterocycles. The first-order valence-electron chi connectivity index (χ1n) is 7.05. The fraction of sp³-hybridized carbons (Fsp3) is 0.467. The molecular weight excluding hydrogens is 254 g/mol. The molecular formula is C15H21N3O2. The molecule has 0 aliphatic rings. The quantitative estimate of drug-likeness (QED) is 0.880. The second-order valence-corrected chi connectivity index (χ2v) is 4.95. The van der Waals surface area contributed by atoms with Crippen LogP contribution in [0.3, 0.4) is 0 Å².